The summed E-state index contributed by atoms with van der Waals surface area (Å²) in [6, 6.07) is 13.7. The fraction of sp³-hybridized carbons (Fsp3) is 0.0769. The molecule has 0 saturated carbocycles. The van der Waals surface area contributed by atoms with Crippen LogP contribution in [0.4, 0.5) is 0 Å². The van der Waals surface area contributed by atoms with Crippen LogP contribution in [0.1, 0.15) is 0 Å². The van der Waals surface area contributed by atoms with E-state index in [1.807, 2.05) is 42.5 Å². The lowest BCUT2D eigenvalue weighted by Crippen LogP contribution is -1.93. The first kappa shape index (κ1) is 10.7. The molecule has 0 bridgehead atoms. The molecule has 0 amide bonds. The Hall–Kier alpha value is -1.43. The maximum absolute atomic E-state index is 5.55. The fourth-order valence-electron chi connectivity index (χ4n) is 1.79. The summed E-state index contributed by atoms with van der Waals surface area (Å²) in [6.45, 7) is 0. The number of halogens is 1. The van der Waals surface area contributed by atoms with Crippen molar-refractivity contribution in [2.24, 2.45) is 0 Å². The summed E-state index contributed by atoms with van der Waals surface area (Å²) < 4.78 is 6.15. The third-order valence-electron chi connectivity index (χ3n) is 2.54. The van der Waals surface area contributed by atoms with Crippen molar-refractivity contribution in [1.29, 1.82) is 0 Å². The Balaban J connectivity index is 2.35. The summed E-state index contributed by atoms with van der Waals surface area (Å²) in [6.07, 6.45) is 0. The molecule has 0 saturated heterocycles. The molecule has 0 fully saturated rings. The van der Waals surface area contributed by atoms with Crippen molar-refractivity contribution in [1.82, 2.24) is 9.97 Å². The second kappa shape index (κ2) is 4.44. The molecule has 4 heteroatoms. The van der Waals surface area contributed by atoms with Crippen LogP contribution in [-0.2, 0) is 0 Å². The van der Waals surface area contributed by atoms with E-state index in [2.05, 4.69) is 32.6 Å². The minimum atomic E-state index is 0.603. The number of rotatable bonds is 2. The van der Waals surface area contributed by atoms with Crippen molar-refractivity contribution < 1.29 is 4.74 Å². The van der Waals surface area contributed by atoms with Crippen LogP contribution in [0.2, 0.25) is 0 Å². The molecule has 0 N–H and O–H groups in total. The van der Waals surface area contributed by atoms with E-state index >= 15 is 0 Å². The quantitative estimate of drug-likeness (QED) is 0.408. The Kier molecular flexibility index (Phi) is 2.80. The zero-order chi connectivity index (χ0) is 11.7. The monoisotopic (exact) mass is 336 g/mol. The number of ether oxygens (including phenoxy) is 1. The molecule has 84 valence electrons. The molecule has 1 heterocycles. The van der Waals surface area contributed by atoms with Crippen molar-refractivity contribution in [3.8, 4) is 5.75 Å². The number of nitrogens with zero attached hydrogens (tertiary/aromatic N) is 2. The van der Waals surface area contributed by atoms with Gasteiger partial charge in [0.05, 0.1) is 16.6 Å². The van der Waals surface area contributed by atoms with Crippen LogP contribution in [-0.4, -0.2) is 14.6 Å². The van der Waals surface area contributed by atoms with Crippen LogP contribution >= 0.6 is 22.6 Å². The number of hydrogen-bond donors (Lipinski definition) is 0. The first-order valence-corrected chi connectivity index (χ1v) is 6.75. The molecular formula is C13H9IN2O. The maximum Gasteiger partial charge on any atom is 0.148 e. The number of aromatic nitrogens is 2. The van der Waals surface area contributed by atoms with Gasteiger partial charge in [0, 0.05) is 0 Å². The molecular weight excluding hydrogens is 327 g/mol. The Morgan fingerprint density at radius 3 is 2.35 bits per heavy atom. The topological polar surface area (TPSA) is 35.0 Å². The van der Waals surface area contributed by atoms with Crippen molar-refractivity contribution in [3.63, 3.8) is 0 Å². The zero-order valence-corrected chi connectivity index (χ0v) is 11.1. The molecule has 17 heavy (non-hydrogen) atoms. The fourth-order valence-corrected chi connectivity index (χ4v) is 2.13. The van der Waals surface area contributed by atoms with E-state index in [0.29, 0.717) is 4.61 Å². The van der Waals surface area contributed by atoms with Crippen molar-refractivity contribution in [2.45, 2.75) is 0 Å². The van der Waals surface area contributed by atoms with Gasteiger partial charge in [-0.3, -0.25) is 0 Å². The predicted molar refractivity (Wildman–Crippen MR) is 76.6 cm³/mol. The molecule has 3 nitrogen and oxygen atoms in total. The molecule has 0 aliphatic carbocycles. The van der Waals surface area contributed by atoms with E-state index in [9.17, 15) is 0 Å². The van der Waals surface area contributed by atoms with Gasteiger partial charge < -0.3 is 4.74 Å². The van der Waals surface area contributed by atoms with Gasteiger partial charge in [-0.15, -0.1) is 0 Å². The van der Waals surface area contributed by atoms with Gasteiger partial charge >= 0.3 is 0 Å². The van der Waals surface area contributed by atoms with Crippen LogP contribution in [0.3, 0.4) is 0 Å². The minimum Gasteiger partial charge on any atom is -0.481 e. The third kappa shape index (κ3) is 1.93. The Labute approximate surface area is 112 Å². The number of hydrogen-bond acceptors (Lipinski definition) is 3. The lowest BCUT2D eigenvalue weighted by Gasteiger charge is -2.06. The zero-order valence-electron chi connectivity index (χ0n) is 8.93. The Morgan fingerprint density at radius 2 is 1.59 bits per heavy atom. The number of benzene rings is 2. The summed E-state index contributed by atoms with van der Waals surface area (Å²) in [5.74, 6) is 0.787. The van der Waals surface area contributed by atoms with Crippen LogP contribution in [0.5, 0.6) is 5.75 Å². The van der Waals surface area contributed by atoms with Gasteiger partial charge in [-0.05, 0) is 46.9 Å². The molecule has 0 spiro atoms. The highest BCUT2D eigenvalue weighted by atomic mass is 127. The van der Waals surface area contributed by atoms with E-state index in [4.69, 9.17) is 4.74 Å². The van der Waals surface area contributed by atoms with Gasteiger partial charge in [-0.25, -0.2) is 9.97 Å². The minimum absolute atomic E-state index is 0.603. The molecule has 0 aliphatic rings. The van der Waals surface area contributed by atoms with Crippen molar-refractivity contribution >= 4 is 44.7 Å². The first-order chi connectivity index (χ1) is 8.38. The van der Waals surface area contributed by atoms with Gasteiger partial charge in [-0.1, -0.05) is 18.2 Å². The highest BCUT2D eigenvalue weighted by Crippen LogP contribution is 2.24. The molecule has 0 aliphatic heterocycles. The standard InChI is InChI=1S/C13H9IN2O/c14-8-17-12-7-3-6-11-13(12)16-10-5-2-1-4-9(10)15-11/h1-7H,8H2. The molecule has 3 rings (SSSR count). The summed E-state index contributed by atoms with van der Waals surface area (Å²) in [5.41, 5.74) is 3.49. The molecule has 0 unspecified atom stereocenters. The van der Waals surface area contributed by atoms with Crippen LogP contribution < -0.4 is 4.74 Å². The molecule has 1 aromatic heterocycles. The van der Waals surface area contributed by atoms with Crippen LogP contribution in [0.15, 0.2) is 42.5 Å². The Morgan fingerprint density at radius 1 is 0.882 bits per heavy atom. The van der Waals surface area contributed by atoms with Gasteiger partial charge in [0.2, 0.25) is 0 Å². The summed E-state index contributed by atoms with van der Waals surface area (Å²) in [5, 5.41) is 0. The van der Waals surface area contributed by atoms with E-state index < -0.39 is 0 Å². The smallest absolute Gasteiger partial charge is 0.148 e. The summed E-state index contributed by atoms with van der Waals surface area (Å²) in [7, 11) is 0. The van der Waals surface area contributed by atoms with Gasteiger partial charge in [0.25, 0.3) is 0 Å². The summed E-state index contributed by atoms with van der Waals surface area (Å²) in [4.78, 5) is 9.18. The number of para-hydroxylation sites is 3. The first-order valence-electron chi connectivity index (χ1n) is 5.23. The lowest BCUT2D eigenvalue weighted by atomic mass is 10.2. The van der Waals surface area contributed by atoms with Crippen LogP contribution in [0, 0.1) is 0 Å². The van der Waals surface area contributed by atoms with Gasteiger partial charge in [0.1, 0.15) is 15.9 Å². The second-order valence-corrected chi connectivity index (χ2v) is 4.21. The van der Waals surface area contributed by atoms with Crippen molar-refractivity contribution in [2.75, 3.05) is 4.61 Å². The number of alkyl halides is 1. The van der Waals surface area contributed by atoms with Crippen molar-refractivity contribution in [3.05, 3.63) is 42.5 Å². The average Bonchev–Trinajstić information content (AvgIpc) is 2.37. The molecule has 3 aromatic rings. The maximum atomic E-state index is 5.55. The van der Waals surface area contributed by atoms with E-state index in [-0.39, 0.29) is 0 Å². The third-order valence-corrected chi connectivity index (χ3v) is 2.85. The van der Waals surface area contributed by atoms with Crippen LogP contribution in [0.25, 0.3) is 22.1 Å². The van der Waals surface area contributed by atoms with E-state index in [1.54, 1.807) is 0 Å². The highest BCUT2D eigenvalue weighted by molar-refractivity contribution is 14.1. The highest BCUT2D eigenvalue weighted by Gasteiger charge is 2.06. The van der Waals surface area contributed by atoms with Gasteiger partial charge in [-0.2, -0.15) is 0 Å². The second-order valence-electron chi connectivity index (χ2n) is 3.59. The Bertz CT molecular complexity index is 684. The van der Waals surface area contributed by atoms with E-state index in [1.165, 1.54) is 0 Å². The number of fused-ring (bicyclic) bond motifs is 2. The molecule has 2 aromatic carbocycles. The predicted octanol–water partition coefficient (Wildman–Crippen LogP) is 3.55. The normalized spacial score (nSPS) is 10.9. The lowest BCUT2D eigenvalue weighted by molar-refractivity contribution is 0.408. The molecule has 0 radical (unpaired) electrons. The SMILES string of the molecule is ICOc1cccc2nc3ccccc3nc12. The average molecular weight is 336 g/mol. The summed E-state index contributed by atoms with van der Waals surface area (Å²) >= 11 is 2.17. The molecule has 0 atom stereocenters. The largest absolute Gasteiger partial charge is 0.481 e. The van der Waals surface area contributed by atoms with Gasteiger partial charge in [0.15, 0.2) is 0 Å². The van der Waals surface area contributed by atoms with E-state index in [0.717, 1.165) is 27.8 Å².